The van der Waals surface area contributed by atoms with Crippen molar-refractivity contribution in [2.45, 2.75) is 26.4 Å². The quantitative estimate of drug-likeness (QED) is 0.577. The number of hydrogen-bond donors (Lipinski definition) is 2. The van der Waals surface area contributed by atoms with E-state index in [9.17, 15) is 9.59 Å². The number of nitrogens with one attached hydrogen (secondary N) is 2. The second kappa shape index (κ2) is 9.99. The van der Waals surface area contributed by atoms with Crippen molar-refractivity contribution in [3.05, 3.63) is 65.3 Å². The lowest BCUT2D eigenvalue weighted by molar-refractivity contribution is -0.115. The van der Waals surface area contributed by atoms with Gasteiger partial charge >= 0.3 is 6.09 Å². The number of amides is 2. The highest BCUT2D eigenvalue weighted by Gasteiger charge is 2.17. The number of pyridine rings is 1. The fourth-order valence-corrected chi connectivity index (χ4v) is 3.30. The van der Waals surface area contributed by atoms with Crippen LogP contribution in [0, 0.1) is 0 Å². The molecule has 3 aromatic rings. The number of benzene rings is 1. The van der Waals surface area contributed by atoms with Crippen molar-refractivity contribution in [2.24, 2.45) is 0 Å². The van der Waals surface area contributed by atoms with E-state index < -0.39 is 11.7 Å². The Kier molecular flexibility index (Phi) is 7.15. The molecule has 0 aliphatic rings. The Morgan fingerprint density at radius 1 is 1.10 bits per heavy atom. The molecule has 8 heteroatoms. The molecular weight excluding hydrogens is 412 g/mol. The van der Waals surface area contributed by atoms with E-state index in [1.165, 1.54) is 11.3 Å². The van der Waals surface area contributed by atoms with Gasteiger partial charge in [0, 0.05) is 23.3 Å². The molecule has 1 aromatic carbocycles. The van der Waals surface area contributed by atoms with Crippen LogP contribution in [0.4, 0.5) is 9.93 Å². The Morgan fingerprint density at radius 2 is 1.84 bits per heavy atom. The normalized spacial score (nSPS) is 11.3. The molecule has 0 saturated heterocycles. The molecule has 0 bridgehead atoms. The van der Waals surface area contributed by atoms with Crippen LogP contribution in [-0.4, -0.2) is 34.1 Å². The third-order valence-electron chi connectivity index (χ3n) is 3.90. The molecule has 0 fully saturated rings. The molecular formula is C23H24N4O3S. The van der Waals surface area contributed by atoms with Crippen LogP contribution in [0.2, 0.25) is 0 Å². The number of ether oxygens (including phenoxy) is 1. The highest BCUT2D eigenvalue weighted by molar-refractivity contribution is 7.14. The van der Waals surface area contributed by atoms with Crippen LogP contribution >= 0.6 is 11.3 Å². The van der Waals surface area contributed by atoms with E-state index in [4.69, 9.17) is 4.74 Å². The van der Waals surface area contributed by atoms with Crippen LogP contribution in [0.5, 0.6) is 0 Å². The first-order valence-electron chi connectivity index (χ1n) is 9.69. The van der Waals surface area contributed by atoms with Gasteiger partial charge in [0.25, 0.3) is 0 Å². The van der Waals surface area contributed by atoms with Crippen LogP contribution < -0.4 is 10.6 Å². The Hall–Kier alpha value is -3.52. The molecule has 2 aromatic heterocycles. The predicted molar refractivity (Wildman–Crippen MR) is 124 cm³/mol. The first kappa shape index (κ1) is 22.2. The molecule has 3 rings (SSSR count). The maximum atomic E-state index is 12.1. The van der Waals surface area contributed by atoms with Gasteiger partial charge in [0.15, 0.2) is 5.13 Å². The number of rotatable bonds is 6. The summed E-state index contributed by atoms with van der Waals surface area (Å²) in [5.41, 5.74) is 3.20. The van der Waals surface area contributed by atoms with E-state index in [2.05, 4.69) is 20.6 Å². The summed E-state index contributed by atoms with van der Waals surface area (Å²) in [5.74, 6) is -0.374. The van der Waals surface area contributed by atoms with Gasteiger partial charge in [0.2, 0.25) is 5.91 Å². The first-order chi connectivity index (χ1) is 14.8. The second-order valence-corrected chi connectivity index (χ2v) is 8.54. The van der Waals surface area contributed by atoms with Crippen LogP contribution in [0.15, 0.2) is 54.2 Å². The summed E-state index contributed by atoms with van der Waals surface area (Å²) in [6, 6.07) is 11.8. The van der Waals surface area contributed by atoms with E-state index in [-0.39, 0.29) is 12.5 Å². The van der Waals surface area contributed by atoms with Gasteiger partial charge in [0.1, 0.15) is 12.1 Å². The smallest absolute Gasteiger partial charge is 0.408 e. The van der Waals surface area contributed by atoms with Crippen molar-refractivity contribution in [2.75, 3.05) is 11.9 Å². The van der Waals surface area contributed by atoms with Gasteiger partial charge in [-0.05, 0) is 50.1 Å². The molecule has 2 amide bonds. The minimum Gasteiger partial charge on any atom is -0.444 e. The number of thiazole rings is 1. The molecule has 0 aliphatic heterocycles. The van der Waals surface area contributed by atoms with E-state index in [0.29, 0.717) is 5.13 Å². The summed E-state index contributed by atoms with van der Waals surface area (Å²) in [5, 5.41) is 7.45. The third-order valence-corrected chi connectivity index (χ3v) is 4.66. The molecule has 31 heavy (non-hydrogen) atoms. The summed E-state index contributed by atoms with van der Waals surface area (Å²) < 4.78 is 5.11. The molecule has 0 radical (unpaired) electrons. The molecule has 2 N–H and O–H groups in total. The largest absolute Gasteiger partial charge is 0.444 e. The van der Waals surface area contributed by atoms with Gasteiger partial charge in [-0.25, -0.2) is 9.78 Å². The van der Waals surface area contributed by atoms with Crippen LogP contribution in [-0.2, 0) is 9.53 Å². The summed E-state index contributed by atoms with van der Waals surface area (Å²) in [7, 11) is 0. The van der Waals surface area contributed by atoms with Gasteiger partial charge in [-0.3, -0.25) is 9.78 Å². The molecule has 160 valence electrons. The summed E-state index contributed by atoms with van der Waals surface area (Å²) in [6.07, 6.45) is 6.91. The Balaban J connectivity index is 1.58. The molecule has 0 aliphatic carbocycles. The third kappa shape index (κ3) is 7.35. The number of hydrogen-bond acceptors (Lipinski definition) is 6. The molecule has 0 spiro atoms. The van der Waals surface area contributed by atoms with Crippen molar-refractivity contribution in [1.82, 2.24) is 15.3 Å². The van der Waals surface area contributed by atoms with Crippen molar-refractivity contribution in [3.63, 3.8) is 0 Å². The van der Waals surface area contributed by atoms with E-state index in [0.717, 1.165) is 22.4 Å². The number of carbonyl (C=O) groups is 2. The zero-order valence-electron chi connectivity index (χ0n) is 17.6. The van der Waals surface area contributed by atoms with Gasteiger partial charge in [-0.15, -0.1) is 11.3 Å². The topological polar surface area (TPSA) is 93.2 Å². The van der Waals surface area contributed by atoms with Gasteiger partial charge in [-0.1, -0.05) is 30.4 Å². The van der Waals surface area contributed by atoms with Crippen molar-refractivity contribution >= 4 is 40.6 Å². The number of anilines is 1. The summed E-state index contributed by atoms with van der Waals surface area (Å²) >= 11 is 1.32. The lowest BCUT2D eigenvalue weighted by Crippen LogP contribution is -2.37. The average Bonchev–Trinajstić information content (AvgIpc) is 3.19. The predicted octanol–water partition coefficient (Wildman–Crippen LogP) is 4.84. The van der Waals surface area contributed by atoms with E-state index in [1.54, 1.807) is 33.2 Å². The standard InChI is InChI=1S/C23H24N4O3S/c1-23(2,3)30-22(29)25-14-20(28)27-21-26-19(15-31-21)18-6-4-5-17(13-18)8-7-16-9-11-24-12-10-16/h4-13,15H,14H2,1-3H3,(H,25,29)(H,26,27,28)/b8-7+. The number of aromatic nitrogens is 2. The van der Waals surface area contributed by atoms with Crippen LogP contribution in [0.25, 0.3) is 23.4 Å². The van der Waals surface area contributed by atoms with Crippen molar-refractivity contribution in [1.29, 1.82) is 0 Å². The van der Waals surface area contributed by atoms with Crippen molar-refractivity contribution < 1.29 is 14.3 Å². The van der Waals surface area contributed by atoms with Gasteiger partial charge in [0.05, 0.1) is 5.69 Å². The minimum atomic E-state index is -0.640. The molecule has 0 atom stereocenters. The number of alkyl carbamates (subject to hydrolysis) is 1. The zero-order valence-corrected chi connectivity index (χ0v) is 18.4. The molecule has 0 saturated carbocycles. The first-order valence-corrected chi connectivity index (χ1v) is 10.6. The average molecular weight is 437 g/mol. The highest BCUT2D eigenvalue weighted by Crippen LogP contribution is 2.26. The van der Waals surface area contributed by atoms with Crippen LogP contribution in [0.3, 0.4) is 0 Å². The maximum Gasteiger partial charge on any atom is 0.408 e. The lowest BCUT2D eigenvalue weighted by Gasteiger charge is -2.19. The van der Waals surface area contributed by atoms with E-state index in [1.807, 2.05) is 53.9 Å². The Morgan fingerprint density at radius 3 is 2.58 bits per heavy atom. The second-order valence-electron chi connectivity index (χ2n) is 7.68. The Bertz CT molecular complexity index is 1070. The fraction of sp³-hybridized carbons (Fsp3) is 0.217. The van der Waals surface area contributed by atoms with Crippen molar-refractivity contribution in [3.8, 4) is 11.3 Å². The summed E-state index contributed by atoms with van der Waals surface area (Å²) in [6.45, 7) is 5.08. The Labute approximate surface area is 185 Å². The molecule has 7 nitrogen and oxygen atoms in total. The summed E-state index contributed by atoms with van der Waals surface area (Å²) in [4.78, 5) is 32.2. The minimum absolute atomic E-state index is 0.195. The lowest BCUT2D eigenvalue weighted by atomic mass is 10.1. The fourth-order valence-electron chi connectivity index (χ4n) is 2.56. The zero-order chi connectivity index (χ0) is 22.3. The van der Waals surface area contributed by atoms with Gasteiger partial charge < -0.3 is 15.4 Å². The molecule has 0 unspecified atom stereocenters. The SMILES string of the molecule is CC(C)(C)OC(=O)NCC(=O)Nc1nc(-c2cccc(/C=C/c3ccncc3)c2)cs1. The molecule has 2 heterocycles. The highest BCUT2D eigenvalue weighted by atomic mass is 32.1. The van der Waals surface area contributed by atoms with Gasteiger partial charge in [-0.2, -0.15) is 0 Å². The van der Waals surface area contributed by atoms with E-state index >= 15 is 0 Å². The number of nitrogens with zero attached hydrogens (tertiary/aromatic N) is 2. The number of carbonyl (C=O) groups excluding carboxylic acids is 2. The van der Waals surface area contributed by atoms with Crippen LogP contribution in [0.1, 0.15) is 31.9 Å². The monoisotopic (exact) mass is 436 g/mol. The maximum absolute atomic E-state index is 12.1.